The summed E-state index contributed by atoms with van der Waals surface area (Å²) in [7, 11) is 0. The second-order valence-corrected chi connectivity index (χ2v) is 7.93. The highest BCUT2D eigenvalue weighted by molar-refractivity contribution is 8.00. The molecule has 0 amide bonds. The van der Waals surface area contributed by atoms with Gasteiger partial charge in [0.05, 0.1) is 0 Å². The SMILES string of the molecule is CC1CCC(C=O)(CN2CCSC(C)C2C)CC1. The quantitative estimate of drug-likeness (QED) is 0.734. The molecule has 0 N–H and O–H groups in total. The van der Waals surface area contributed by atoms with E-state index < -0.39 is 0 Å². The summed E-state index contributed by atoms with van der Waals surface area (Å²) >= 11 is 2.07. The van der Waals surface area contributed by atoms with E-state index in [0.717, 1.165) is 31.8 Å². The second-order valence-electron chi connectivity index (χ2n) is 6.45. The van der Waals surface area contributed by atoms with Crippen molar-refractivity contribution >= 4 is 18.0 Å². The zero-order valence-electron chi connectivity index (χ0n) is 12.0. The lowest BCUT2D eigenvalue weighted by Crippen LogP contribution is -2.50. The maximum absolute atomic E-state index is 11.6. The number of thioether (sulfide) groups is 1. The summed E-state index contributed by atoms with van der Waals surface area (Å²) in [6.45, 7) is 9.10. The minimum atomic E-state index is -0.0392. The number of hydrogen-bond acceptors (Lipinski definition) is 3. The zero-order valence-corrected chi connectivity index (χ0v) is 12.8. The third-order valence-corrected chi connectivity index (χ3v) is 6.39. The van der Waals surface area contributed by atoms with Gasteiger partial charge >= 0.3 is 0 Å². The van der Waals surface area contributed by atoms with E-state index in [2.05, 4.69) is 37.4 Å². The Morgan fingerprint density at radius 2 is 1.94 bits per heavy atom. The highest BCUT2D eigenvalue weighted by Gasteiger charge is 2.38. The predicted octanol–water partition coefficient (Wildman–Crippen LogP) is 3.21. The normalized spacial score (nSPS) is 42.7. The Labute approximate surface area is 116 Å². The maximum atomic E-state index is 11.6. The molecule has 3 heteroatoms. The third kappa shape index (κ3) is 3.11. The average Bonchev–Trinajstić information content (AvgIpc) is 2.38. The monoisotopic (exact) mass is 269 g/mol. The van der Waals surface area contributed by atoms with Gasteiger partial charge in [-0.1, -0.05) is 13.8 Å². The van der Waals surface area contributed by atoms with Crippen molar-refractivity contribution in [2.24, 2.45) is 11.3 Å². The molecule has 0 aromatic heterocycles. The lowest BCUT2D eigenvalue weighted by atomic mass is 9.71. The minimum Gasteiger partial charge on any atom is -0.303 e. The van der Waals surface area contributed by atoms with E-state index >= 15 is 0 Å². The van der Waals surface area contributed by atoms with Crippen LogP contribution in [-0.2, 0) is 4.79 Å². The molecular weight excluding hydrogens is 242 g/mol. The second kappa shape index (κ2) is 5.96. The summed E-state index contributed by atoms with van der Waals surface area (Å²) < 4.78 is 0. The van der Waals surface area contributed by atoms with Crippen molar-refractivity contribution in [1.29, 1.82) is 0 Å². The summed E-state index contributed by atoms with van der Waals surface area (Å²) in [5.41, 5.74) is -0.0392. The maximum Gasteiger partial charge on any atom is 0.127 e. The van der Waals surface area contributed by atoms with Crippen molar-refractivity contribution < 1.29 is 4.79 Å². The summed E-state index contributed by atoms with van der Waals surface area (Å²) in [5, 5.41) is 0.699. The Morgan fingerprint density at radius 1 is 1.28 bits per heavy atom. The van der Waals surface area contributed by atoms with E-state index in [4.69, 9.17) is 0 Å². The van der Waals surface area contributed by atoms with Gasteiger partial charge in [-0.15, -0.1) is 0 Å². The smallest absolute Gasteiger partial charge is 0.127 e. The van der Waals surface area contributed by atoms with Crippen LogP contribution in [0.4, 0.5) is 0 Å². The molecule has 2 aliphatic rings. The van der Waals surface area contributed by atoms with Crippen LogP contribution in [0.1, 0.15) is 46.5 Å². The van der Waals surface area contributed by atoms with Crippen LogP contribution in [0.3, 0.4) is 0 Å². The minimum absolute atomic E-state index is 0.0392. The highest BCUT2D eigenvalue weighted by Crippen LogP contribution is 2.39. The molecular formula is C15H27NOS. The fourth-order valence-corrected chi connectivity index (χ4v) is 4.44. The summed E-state index contributed by atoms with van der Waals surface area (Å²) in [4.78, 5) is 14.2. The van der Waals surface area contributed by atoms with E-state index in [1.54, 1.807) is 0 Å². The van der Waals surface area contributed by atoms with Crippen LogP contribution in [-0.4, -0.2) is 41.3 Å². The van der Waals surface area contributed by atoms with Gasteiger partial charge in [-0.3, -0.25) is 4.90 Å². The van der Waals surface area contributed by atoms with Gasteiger partial charge in [-0.25, -0.2) is 0 Å². The summed E-state index contributed by atoms with van der Waals surface area (Å²) in [5.74, 6) is 2.03. The number of carbonyl (C=O) groups excluding carboxylic acids is 1. The van der Waals surface area contributed by atoms with Crippen molar-refractivity contribution in [2.45, 2.75) is 57.7 Å². The van der Waals surface area contributed by atoms with Crippen LogP contribution in [0.25, 0.3) is 0 Å². The topological polar surface area (TPSA) is 20.3 Å². The molecule has 0 aromatic rings. The van der Waals surface area contributed by atoms with Crippen LogP contribution in [0.2, 0.25) is 0 Å². The molecule has 18 heavy (non-hydrogen) atoms. The Morgan fingerprint density at radius 3 is 2.56 bits per heavy atom. The molecule has 2 atom stereocenters. The molecule has 2 unspecified atom stereocenters. The molecule has 0 aromatic carbocycles. The molecule has 1 aliphatic carbocycles. The molecule has 0 radical (unpaired) electrons. The largest absolute Gasteiger partial charge is 0.303 e. The zero-order chi connectivity index (χ0) is 13.2. The Bertz CT molecular complexity index is 286. The van der Waals surface area contributed by atoms with E-state index in [1.807, 2.05) is 0 Å². The van der Waals surface area contributed by atoms with Gasteiger partial charge in [0.15, 0.2) is 0 Å². The average molecular weight is 269 g/mol. The lowest BCUT2D eigenvalue weighted by Gasteiger charge is -2.44. The molecule has 0 bridgehead atoms. The van der Waals surface area contributed by atoms with E-state index in [9.17, 15) is 4.79 Å². The van der Waals surface area contributed by atoms with Gasteiger partial charge in [0.1, 0.15) is 6.29 Å². The van der Waals surface area contributed by atoms with Crippen LogP contribution >= 0.6 is 11.8 Å². The lowest BCUT2D eigenvalue weighted by molar-refractivity contribution is -0.120. The molecule has 1 saturated carbocycles. The highest BCUT2D eigenvalue weighted by atomic mass is 32.2. The van der Waals surface area contributed by atoms with Crippen molar-refractivity contribution in [1.82, 2.24) is 4.90 Å². The third-order valence-electron chi connectivity index (χ3n) is 5.05. The van der Waals surface area contributed by atoms with Gasteiger partial charge in [-0.2, -0.15) is 11.8 Å². The van der Waals surface area contributed by atoms with Crippen LogP contribution in [0.5, 0.6) is 0 Å². The standard InChI is InChI=1S/C15H27NOS/c1-12-4-6-15(11-17,7-5-12)10-16-8-9-18-14(3)13(16)2/h11-14H,4-10H2,1-3H3. The van der Waals surface area contributed by atoms with Crippen molar-refractivity contribution in [3.63, 3.8) is 0 Å². The fraction of sp³-hybridized carbons (Fsp3) is 0.933. The first-order valence-electron chi connectivity index (χ1n) is 7.38. The first kappa shape index (κ1) is 14.4. The number of carbonyl (C=O) groups is 1. The van der Waals surface area contributed by atoms with Crippen molar-refractivity contribution in [3.8, 4) is 0 Å². The first-order chi connectivity index (χ1) is 8.56. The number of hydrogen-bond donors (Lipinski definition) is 0. The van der Waals surface area contributed by atoms with E-state index in [0.29, 0.717) is 11.3 Å². The molecule has 0 spiro atoms. The molecule has 2 nitrogen and oxygen atoms in total. The Balaban J connectivity index is 1.99. The molecule has 2 rings (SSSR count). The predicted molar refractivity (Wildman–Crippen MR) is 79.1 cm³/mol. The van der Waals surface area contributed by atoms with Crippen molar-refractivity contribution in [2.75, 3.05) is 18.8 Å². The van der Waals surface area contributed by atoms with E-state index in [1.165, 1.54) is 24.9 Å². The summed E-state index contributed by atoms with van der Waals surface area (Å²) in [6, 6.07) is 0.611. The Hall–Kier alpha value is -0.0200. The Kier molecular flexibility index (Phi) is 4.76. The number of nitrogens with zero attached hydrogens (tertiary/aromatic N) is 1. The van der Waals surface area contributed by atoms with Gasteiger partial charge < -0.3 is 4.79 Å². The first-order valence-corrected chi connectivity index (χ1v) is 8.43. The summed E-state index contributed by atoms with van der Waals surface area (Å²) in [6.07, 6.45) is 5.93. The van der Waals surface area contributed by atoms with Crippen LogP contribution in [0, 0.1) is 11.3 Å². The fourth-order valence-electron chi connectivity index (χ4n) is 3.27. The number of aldehydes is 1. The molecule has 1 aliphatic heterocycles. The van der Waals surface area contributed by atoms with E-state index in [-0.39, 0.29) is 5.41 Å². The van der Waals surface area contributed by atoms with Gasteiger partial charge in [0, 0.05) is 35.5 Å². The molecule has 1 saturated heterocycles. The molecule has 2 fully saturated rings. The number of rotatable bonds is 3. The van der Waals surface area contributed by atoms with Crippen molar-refractivity contribution in [3.05, 3.63) is 0 Å². The van der Waals surface area contributed by atoms with Gasteiger partial charge in [0.2, 0.25) is 0 Å². The van der Waals surface area contributed by atoms with Crippen LogP contribution < -0.4 is 0 Å². The molecule has 104 valence electrons. The van der Waals surface area contributed by atoms with Crippen LogP contribution in [0.15, 0.2) is 0 Å². The van der Waals surface area contributed by atoms with Gasteiger partial charge in [0.25, 0.3) is 0 Å². The molecule has 1 heterocycles. The van der Waals surface area contributed by atoms with Gasteiger partial charge in [-0.05, 0) is 38.5 Å².